The maximum Gasteiger partial charge on any atom is 0.337 e. The molecule has 2 N–H and O–H groups in total. The minimum atomic E-state index is -1.00. The second kappa shape index (κ2) is 4.91. The van der Waals surface area contributed by atoms with Crippen LogP contribution in [0.1, 0.15) is 17.3 Å². The summed E-state index contributed by atoms with van der Waals surface area (Å²) in [5, 5.41) is 11.6. The average molecular weight is 205 g/mol. The molecule has 4 nitrogen and oxygen atoms in total. The zero-order valence-corrected chi connectivity index (χ0v) is 8.50. The Balaban J connectivity index is 3.14. The molecule has 0 atom stereocenters. The number of ether oxygens (including phenoxy) is 1. The van der Waals surface area contributed by atoms with Gasteiger partial charge in [-0.1, -0.05) is 5.92 Å². The Kier molecular flexibility index (Phi) is 3.58. The zero-order valence-electron chi connectivity index (χ0n) is 8.50. The highest BCUT2D eigenvalue weighted by Crippen LogP contribution is 2.22. The van der Waals surface area contributed by atoms with Crippen LogP contribution in [0.4, 0.5) is 5.69 Å². The van der Waals surface area contributed by atoms with Gasteiger partial charge in [-0.15, -0.1) is 0 Å². The van der Waals surface area contributed by atoms with E-state index in [2.05, 4.69) is 17.3 Å². The lowest BCUT2D eigenvalue weighted by Gasteiger charge is -2.06. The van der Waals surface area contributed by atoms with Gasteiger partial charge in [-0.2, -0.15) is 0 Å². The summed E-state index contributed by atoms with van der Waals surface area (Å²) in [6, 6.07) is 7.25. The van der Waals surface area contributed by atoms with Crippen molar-refractivity contribution in [2.45, 2.75) is 6.92 Å². The molecule has 1 aromatic carbocycles. The van der Waals surface area contributed by atoms with Gasteiger partial charge >= 0.3 is 5.97 Å². The molecular weight excluding hydrogens is 194 g/mol. The number of aromatic carboxylic acids is 1. The Hall–Kier alpha value is -2.15. The molecule has 0 aliphatic heterocycles. The molecule has 0 unspecified atom stereocenters. The fourth-order valence-corrected chi connectivity index (χ4v) is 1.07. The molecule has 0 heterocycles. The molecule has 0 bridgehead atoms. The fourth-order valence-electron chi connectivity index (χ4n) is 1.07. The number of carbonyl (C=O) groups is 1. The Morgan fingerprint density at radius 1 is 1.53 bits per heavy atom. The monoisotopic (exact) mass is 205 g/mol. The van der Waals surface area contributed by atoms with Crippen LogP contribution in [-0.2, 0) is 0 Å². The predicted molar refractivity (Wildman–Crippen MR) is 57.0 cm³/mol. The van der Waals surface area contributed by atoms with Crippen molar-refractivity contribution in [3.8, 4) is 17.7 Å². The molecule has 0 amide bonds. The Morgan fingerprint density at radius 2 is 2.27 bits per heavy atom. The van der Waals surface area contributed by atoms with Crippen LogP contribution in [0, 0.1) is 12.0 Å². The third kappa shape index (κ3) is 2.64. The van der Waals surface area contributed by atoms with Gasteiger partial charge in [-0.3, -0.25) is 0 Å². The van der Waals surface area contributed by atoms with Gasteiger partial charge in [0.25, 0.3) is 0 Å². The highest BCUT2D eigenvalue weighted by molar-refractivity contribution is 5.94. The highest BCUT2D eigenvalue weighted by atomic mass is 16.5. The van der Waals surface area contributed by atoms with Crippen LogP contribution in [0.2, 0.25) is 0 Å². The molecule has 0 aromatic heterocycles. The van der Waals surface area contributed by atoms with E-state index >= 15 is 0 Å². The lowest BCUT2D eigenvalue weighted by molar-refractivity contribution is 0.0698. The molecule has 0 spiro atoms. The predicted octanol–water partition coefficient (Wildman–Crippen LogP) is 1.79. The van der Waals surface area contributed by atoms with Crippen LogP contribution < -0.4 is 10.1 Å². The van der Waals surface area contributed by atoms with Gasteiger partial charge < -0.3 is 15.2 Å². The molecule has 0 saturated carbocycles. The summed E-state index contributed by atoms with van der Waals surface area (Å²) in [5.74, 6) is 2.21. The van der Waals surface area contributed by atoms with Gasteiger partial charge in [0, 0.05) is 12.1 Å². The molecule has 0 aliphatic rings. The number of hydrogen-bond donors (Lipinski definition) is 2. The van der Waals surface area contributed by atoms with Crippen LogP contribution in [-0.4, -0.2) is 18.2 Å². The van der Waals surface area contributed by atoms with Crippen molar-refractivity contribution in [1.29, 1.82) is 0 Å². The summed E-state index contributed by atoms with van der Waals surface area (Å²) >= 11 is 0. The van der Waals surface area contributed by atoms with Crippen molar-refractivity contribution in [3.63, 3.8) is 0 Å². The van der Waals surface area contributed by atoms with Gasteiger partial charge in [0.15, 0.2) is 0 Å². The minimum Gasteiger partial charge on any atom is -0.497 e. The summed E-state index contributed by atoms with van der Waals surface area (Å²) in [6.45, 7) is 1.66. The molecule has 4 heteroatoms. The second-order valence-electron chi connectivity index (χ2n) is 2.72. The van der Waals surface area contributed by atoms with Gasteiger partial charge in [0.1, 0.15) is 5.75 Å². The number of nitrogens with one attached hydrogen (secondary N) is 1. The fraction of sp³-hybridized carbons (Fsp3) is 0.182. The van der Waals surface area contributed by atoms with E-state index in [1.165, 1.54) is 13.2 Å². The van der Waals surface area contributed by atoms with Crippen LogP contribution >= 0.6 is 0 Å². The van der Waals surface area contributed by atoms with Crippen molar-refractivity contribution < 1.29 is 14.6 Å². The van der Waals surface area contributed by atoms with Gasteiger partial charge in [-0.05, 0) is 19.1 Å². The highest BCUT2D eigenvalue weighted by Gasteiger charge is 2.09. The van der Waals surface area contributed by atoms with Crippen molar-refractivity contribution in [3.05, 3.63) is 23.8 Å². The number of carboxylic acids is 1. The number of carboxylic acid groups (broad SMARTS) is 1. The van der Waals surface area contributed by atoms with E-state index in [1.807, 2.05) is 0 Å². The lowest BCUT2D eigenvalue weighted by Crippen LogP contribution is -2.02. The number of rotatable bonds is 3. The van der Waals surface area contributed by atoms with E-state index in [4.69, 9.17) is 9.84 Å². The van der Waals surface area contributed by atoms with Gasteiger partial charge in [-0.25, -0.2) is 4.79 Å². The van der Waals surface area contributed by atoms with Gasteiger partial charge in [0.2, 0.25) is 0 Å². The maximum atomic E-state index is 10.9. The van der Waals surface area contributed by atoms with Crippen LogP contribution in [0.5, 0.6) is 5.75 Å². The topological polar surface area (TPSA) is 58.6 Å². The summed E-state index contributed by atoms with van der Waals surface area (Å²) in [7, 11) is 1.52. The van der Waals surface area contributed by atoms with Crippen molar-refractivity contribution >= 4 is 11.7 Å². The van der Waals surface area contributed by atoms with E-state index in [0.717, 1.165) is 0 Å². The first kappa shape index (κ1) is 10.9. The average Bonchev–Trinajstić information content (AvgIpc) is 2.25. The molecular formula is C11H11NO3. The van der Waals surface area contributed by atoms with Crippen molar-refractivity contribution in [2.75, 3.05) is 12.4 Å². The molecule has 0 radical (unpaired) electrons. The largest absolute Gasteiger partial charge is 0.497 e. The number of anilines is 1. The summed E-state index contributed by atoms with van der Waals surface area (Å²) < 4.78 is 4.99. The SMILES string of the molecule is CC#CNc1cc(OC)ccc1C(=O)O. The smallest absolute Gasteiger partial charge is 0.337 e. The first-order valence-corrected chi connectivity index (χ1v) is 4.28. The number of benzene rings is 1. The minimum absolute atomic E-state index is 0.165. The quantitative estimate of drug-likeness (QED) is 0.583. The normalized spacial score (nSPS) is 8.67. The Morgan fingerprint density at radius 3 is 2.80 bits per heavy atom. The summed E-state index contributed by atoms with van der Waals surface area (Å²) in [4.78, 5) is 10.9. The maximum absolute atomic E-state index is 10.9. The van der Waals surface area contributed by atoms with Crippen LogP contribution in [0.3, 0.4) is 0 Å². The van der Waals surface area contributed by atoms with E-state index in [-0.39, 0.29) is 5.56 Å². The molecule has 1 rings (SSSR count). The molecule has 0 aliphatic carbocycles. The summed E-state index contributed by atoms with van der Waals surface area (Å²) in [5.41, 5.74) is 0.592. The molecule has 0 fully saturated rings. The van der Waals surface area contributed by atoms with E-state index < -0.39 is 5.97 Å². The van der Waals surface area contributed by atoms with Crippen LogP contribution in [0.25, 0.3) is 0 Å². The van der Waals surface area contributed by atoms with E-state index in [9.17, 15) is 4.79 Å². The standard InChI is InChI=1S/C11H11NO3/c1-3-6-12-10-7-8(15-2)4-5-9(10)11(13)14/h4-5,7,12H,1-2H3,(H,13,14). The Labute approximate surface area is 87.9 Å². The van der Waals surface area contributed by atoms with Gasteiger partial charge in [0.05, 0.1) is 18.4 Å². The van der Waals surface area contributed by atoms with Crippen molar-refractivity contribution in [1.82, 2.24) is 0 Å². The first-order chi connectivity index (χ1) is 7.19. The summed E-state index contributed by atoms with van der Waals surface area (Å²) in [6.07, 6.45) is 0. The van der Waals surface area contributed by atoms with E-state index in [0.29, 0.717) is 11.4 Å². The van der Waals surface area contributed by atoms with Crippen molar-refractivity contribution in [2.24, 2.45) is 0 Å². The number of methoxy groups -OCH3 is 1. The van der Waals surface area contributed by atoms with E-state index in [1.54, 1.807) is 19.1 Å². The molecule has 78 valence electrons. The first-order valence-electron chi connectivity index (χ1n) is 4.28. The lowest BCUT2D eigenvalue weighted by atomic mass is 10.1. The van der Waals surface area contributed by atoms with Crippen LogP contribution in [0.15, 0.2) is 18.2 Å². The second-order valence-corrected chi connectivity index (χ2v) is 2.72. The Bertz CT molecular complexity index is 429. The molecule has 1 aromatic rings. The molecule has 0 saturated heterocycles. The third-order valence-electron chi connectivity index (χ3n) is 1.78. The number of hydrogen-bond acceptors (Lipinski definition) is 3. The zero-order chi connectivity index (χ0) is 11.3. The third-order valence-corrected chi connectivity index (χ3v) is 1.78. The molecule has 15 heavy (non-hydrogen) atoms.